The van der Waals surface area contributed by atoms with Crippen LogP contribution in [0.5, 0.6) is 0 Å². The number of carbonyl (C=O) groups is 1. The fourth-order valence-electron chi connectivity index (χ4n) is 2.03. The first-order valence-corrected chi connectivity index (χ1v) is 6.50. The van der Waals surface area contributed by atoms with E-state index in [0.29, 0.717) is 16.8 Å². The molecule has 0 saturated carbocycles. The number of nitrogens with one attached hydrogen (secondary N) is 1. The van der Waals surface area contributed by atoms with Gasteiger partial charge in [0.1, 0.15) is 5.69 Å². The molecule has 1 heterocycles. The van der Waals surface area contributed by atoms with Gasteiger partial charge in [-0.1, -0.05) is 30.3 Å². The number of benzene rings is 2. The number of nitrogens with zero attached hydrogens (tertiary/aromatic N) is 2. The van der Waals surface area contributed by atoms with Crippen LogP contribution in [0, 0.1) is 0 Å². The molecular weight excluding hydrogens is 266 g/mol. The first kappa shape index (κ1) is 13.2. The van der Waals surface area contributed by atoms with Gasteiger partial charge in [0.25, 0.3) is 5.91 Å². The van der Waals surface area contributed by atoms with Crippen molar-refractivity contribution in [1.82, 2.24) is 9.97 Å². The van der Waals surface area contributed by atoms with Crippen molar-refractivity contribution in [2.24, 2.45) is 0 Å². The Balaban J connectivity index is 1.90. The van der Waals surface area contributed by atoms with Crippen molar-refractivity contribution in [3.8, 4) is 0 Å². The molecule has 0 aliphatic rings. The van der Waals surface area contributed by atoms with Crippen molar-refractivity contribution in [1.29, 1.82) is 0 Å². The number of hydrogen-bond donors (Lipinski definition) is 2. The first-order valence-electron chi connectivity index (χ1n) is 6.50. The number of para-hydroxylation sites is 3. The predicted octanol–water partition coefficient (Wildman–Crippen LogP) is 2.37. The Morgan fingerprint density at radius 2 is 1.76 bits per heavy atom. The zero-order valence-electron chi connectivity index (χ0n) is 11.2. The van der Waals surface area contributed by atoms with Crippen molar-refractivity contribution in [2.45, 2.75) is 6.61 Å². The zero-order chi connectivity index (χ0) is 14.7. The van der Waals surface area contributed by atoms with Crippen molar-refractivity contribution in [3.63, 3.8) is 0 Å². The quantitative estimate of drug-likeness (QED) is 0.772. The maximum Gasteiger partial charge on any atom is 0.275 e. The van der Waals surface area contributed by atoms with E-state index in [-0.39, 0.29) is 18.2 Å². The third-order valence-corrected chi connectivity index (χ3v) is 3.12. The Morgan fingerprint density at radius 3 is 2.57 bits per heavy atom. The second-order valence-electron chi connectivity index (χ2n) is 4.51. The molecule has 0 fully saturated rings. The summed E-state index contributed by atoms with van der Waals surface area (Å²) in [6.07, 6.45) is 1.44. The van der Waals surface area contributed by atoms with Crippen molar-refractivity contribution in [3.05, 3.63) is 66.0 Å². The maximum atomic E-state index is 12.2. The fraction of sp³-hybridized carbons (Fsp3) is 0.0625. The highest BCUT2D eigenvalue weighted by Gasteiger charge is 2.11. The third kappa shape index (κ3) is 2.73. The lowest BCUT2D eigenvalue weighted by Crippen LogP contribution is -2.15. The summed E-state index contributed by atoms with van der Waals surface area (Å²) in [6, 6.07) is 14.4. The van der Waals surface area contributed by atoms with E-state index in [9.17, 15) is 9.90 Å². The Hall–Kier alpha value is -2.79. The molecule has 0 unspecified atom stereocenters. The summed E-state index contributed by atoms with van der Waals surface area (Å²) in [4.78, 5) is 20.7. The molecule has 2 aromatic carbocycles. The summed E-state index contributed by atoms with van der Waals surface area (Å²) in [5.74, 6) is -0.353. The SMILES string of the molecule is O=C(Nc1ccccc1CO)c1cnc2ccccc2n1. The molecule has 0 spiro atoms. The molecule has 5 heteroatoms. The van der Waals surface area contributed by atoms with Crippen LogP contribution in [-0.2, 0) is 6.61 Å². The summed E-state index contributed by atoms with van der Waals surface area (Å²) >= 11 is 0. The summed E-state index contributed by atoms with van der Waals surface area (Å²) in [5, 5.41) is 12.0. The largest absolute Gasteiger partial charge is 0.392 e. The number of carbonyl (C=O) groups excluding carboxylic acids is 1. The van der Waals surface area contributed by atoms with Crippen LogP contribution in [0.3, 0.4) is 0 Å². The molecule has 5 nitrogen and oxygen atoms in total. The highest BCUT2D eigenvalue weighted by atomic mass is 16.3. The van der Waals surface area contributed by atoms with E-state index in [2.05, 4.69) is 15.3 Å². The minimum atomic E-state index is -0.353. The van der Waals surface area contributed by atoms with Crippen LogP contribution >= 0.6 is 0 Å². The smallest absolute Gasteiger partial charge is 0.275 e. The third-order valence-electron chi connectivity index (χ3n) is 3.12. The number of rotatable bonds is 3. The molecule has 0 atom stereocenters. The number of hydrogen-bond acceptors (Lipinski definition) is 4. The van der Waals surface area contributed by atoms with Gasteiger partial charge in [-0.05, 0) is 18.2 Å². The second kappa shape index (κ2) is 5.68. The summed E-state index contributed by atoms with van der Waals surface area (Å²) in [7, 11) is 0. The molecule has 1 amide bonds. The van der Waals surface area contributed by atoms with E-state index >= 15 is 0 Å². The molecule has 3 rings (SSSR count). The Bertz CT molecular complexity index is 802. The minimum absolute atomic E-state index is 0.139. The second-order valence-corrected chi connectivity index (χ2v) is 4.51. The van der Waals surface area contributed by atoms with Gasteiger partial charge in [-0.25, -0.2) is 4.98 Å². The van der Waals surface area contributed by atoms with Crippen LogP contribution in [0.1, 0.15) is 16.1 Å². The Kier molecular flexibility index (Phi) is 3.57. The molecule has 0 bridgehead atoms. The zero-order valence-corrected chi connectivity index (χ0v) is 11.2. The predicted molar refractivity (Wildman–Crippen MR) is 79.9 cm³/mol. The van der Waals surface area contributed by atoms with Crippen LogP contribution in [0.4, 0.5) is 5.69 Å². The van der Waals surface area contributed by atoms with Gasteiger partial charge in [0.15, 0.2) is 0 Å². The average Bonchev–Trinajstić information content (AvgIpc) is 2.55. The van der Waals surface area contributed by atoms with E-state index in [1.54, 1.807) is 30.3 Å². The van der Waals surface area contributed by atoms with Gasteiger partial charge in [-0.15, -0.1) is 0 Å². The lowest BCUT2D eigenvalue weighted by molar-refractivity contribution is 0.102. The van der Waals surface area contributed by atoms with Crippen LogP contribution in [0.25, 0.3) is 11.0 Å². The number of aliphatic hydroxyl groups excluding tert-OH is 1. The van der Waals surface area contributed by atoms with Crippen LogP contribution < -0.4 is 5.32 Å². The van der Waals surface area contributed by atoms with Gasteiger partial charge in [-0.2, -0.15) is 0 Å². The fourth-order valence-corrected chi connectivity index (χ4v) is 2.03. The number of aromatic nitrogens is 2. The highest BCUT2D eigenvalue weighted by molar-refractivity contribution is 6.03. The lowest BCUT2D eigenvalue weighted by Gasteiger charge is -2.09. The molecule has 0 aliphatic carbocycles. The van der Waals surface area contributed by atoms with E-state index in [1.165, 1.54) is 6.20 Å². The van der Waals surface area contributed by atoms with Crippen LogP contribution in [0.2, 0.25) is 0 Å². The number of anilines is 1. The summed E-state index contributed by atoms with van der Waals surface area (Å²) in [5.41, 5.74) is 2.87. The van der Waals surface area contributed by atoms with E-state index in [0.717, 1.165) is 5.52 Å². The van der Waals surface area contributed by atoms with E-state index < -0.39 is 0 Å². The van der Waals surface area contributed by atoms with Crippen molar-refractivity contribution < 1.29 is 9.90 Å². The summed E-state index contributed by atoms with van der Waals surface area (Å²) in [6.45, 7) is -0.139. The first-order chi connectivity index (χ1) is 10.3. The van der Waals surface area contributed by atoms with Crippen LogP contribution in [0.15, 0.2) is 54.7 Å². The van der Waals surface area contributed by atoms with E-state index in [4.69, 9.17) is 0 Å². The molecule has 0 saturated heterocycles. The lowest BCUT2D eigenvalue weighted by atomic mass is 10.2. The van der Waals surface area contributed by atoms with Crippen molar-refractivity contribution in [2.75, 3.05) is 5.32 Å². The van der Waals surface area contributed by atoms with Gasteiger partial charge in [0.05, 0.1) is 23.8 Å². The summed E-state index contributed by atoms with van der Waals surface area (Å²) < 4.78 is 0. The number of aliphatic hydroxyl groups is 1. The van der Waals surface area contributed by atoms with Crippen molar-refractivity contribution >= 4 is 22.6 Å². The van der Waals surface area contributed by atoms with Gasteiger partial charge < -0.3 is 10.4 Å². The molecular formula is C16H13N3O2. The molecule has 2 N–H and O–H groups in total. The molecule has 1 aromatic heterocycles. The monoisotopic (exact) mass is 279 g/mol. The van der Waals surface area contributed by atoms with Gasteiger partial charge in [-0.3, -0.25) is 9.78 Å². The molecule has 21 heavy (non-hydrogen) atoms. The van der Waals surface area contributed by atoms with E-state index in [1.807, 2.05) is 18.2 Å². The topological polar surface area (TPSA) is 75.1 Å². The van der Waals surface area contributed by atoms with Gasteiger partial charge in [0, 0.05) is 11.3 Å². The Morgan fingerprint density at radius 1 is 1.05 bits per heavy atom. The molecule has 0 radical (unpaired) electrons. The molecule has 104 valence electrons. The van der Waals surface area contributed by atoms with Crippen LogP contribution in [-0.4, -0.2) is 21.0 Å². The average molecular weight is 279 g/mol. The number of amides is 1. The Labute approximate surface area is 121 Å². The standard InChI is InChI=1S/C16H13N3O2/c20-10-11-5-1-2-6-12(11)19-16(21)15-9-17-13-7-3-4-8-14(13)18-15/h1-9,20H,10H2,(H,19,21). The normalized spacial score (nSPS) is 10.5. The highest BCUT2D eigenvalue weighted by Crippen LogP contribution is 2.16. The van der Waals surface area contributed by atoms with Gasteiger partial charge in [0.2, 0.25) is 0 Å². The van der Waals surface area contributed by atoms with Gasteiger partial charge >= 0.3 is 0 Å². The number of fused-ring (bicyclic) bond motifs is 1. The molecule has 0 aliphatic heterocycles. The maximum absolute atomic E-state index is 12.2. The molecule has 3 aromatic rings. The minimum Gasteiger partial charge on any atom is -0.392 e.